The van der Waals surface area contributed by atoms with E-state index < -0.39 is 11.5 Å². The number of pyridine rings is 1. The fraction of sp³-hybridized carbons (Fsp3) is 0.300. The summed E-state index contributed by atoms with van der Waals surface area (Å²) in [6.45, 7) is -1.41. The van der Waals surface area contributed by atoms with Crippen molar-refractivity contribution < 1.29 is 18.4 Å². The third-order valence-corrected chi connectivity index (χ3v) is 2.44. The predicted molar refractivity (Wildman–Crippen MR) is 67.6 cm³/mol. The molecule has 0 spiro atoms. The van der Waals surface area contributed by atoms with E-state index in [4.69, 9.17) is 0 Å². The first kappa shape index (κ1) is 15.3. The molecule has 0 radical (unpaired) electrons. The van der Waals surface area contributed by atoms with E-state index in [1.54, 1.807) is 6.92 Å². The van der Waals surface area contributed by atoms with Gasteiger partial charge in [-0.25, -0.2) is 4.98 Å². The molecule has 0 saturated carbocycles. The number of halogens is 3. The molecule has 1 aromatic rings. The smallest absolute Gasteiger partial charge is 0.387 e. The second kappa shape index (κ2) is 6.98. The first-order valence-electron chi connectivity index (χ1n) is 5.14. The topological polar surface area (TPSA) is 77.3 Å². The predicted octanol–water partition coefficient (Wildman–Crippen LogP) is 3.39. The Bertz CT molecular complexity index is 497. The van der Waals surface area contributed by atoms with Crippen molar-refractivity contribution in [3.8, 4) is 5.75 Å². The zero-order valence-corrected chi connectivity index (χ0v) is 11.4. The van der Waals surface area contributed by atoms with Gasteiger partial charge < -0.3 is 10.1 Å². The van der Waals surface area contributed by atoms with E-state index in [1.807, 2.05) is 0 Å². The molecule has 1 N–H and O–H groups in total. The van der Waals surface area contributed by atoms with Crippen LogP contribution in [0, 0.1) is 10.1 Å². The number of rotatable bonds is 6. The van der Waals surface area contributed by atoms with E-state index in [1.165, 1.54) is 12.3 Å². The lowest BCUT2D eigenvalue weighted by Crippen LogP contribution is -2.07. The first-order chi connectivity index (χ1) is 8.93. The molecule has 0 aromatic carbocycles. The van der Waals surface area contributed by atoms with E-state index in [9.17, 15) is 18.9 Å². The van der Waals surface area contributed by atoms with E-state index >= 15 is 0 Å². The van der Waals surface area contributed by atoms with Crippen molar-refractivity contribution in [3.05, 3.63) is 38.7 Å². The van der Waals surface area contributed by atoms with Crippen molar-refractivity contribution in [2.45, 2.75) is 20.0 Å². The van der Waals surface area contributed by atoms with Gasteiger partial charge in [-0.1, -0.05) is 6.92 Å². The van der Waals surface area contributed by atoms with Gasteiger partial charge in [0.1, 0.15) is 0 Å². The average molecular weight is 338 g/mol. The normalized spacial score (nSPS) is 11.5. The lowest BCUT2D eigenvalue weighted by molar-refractivity contribution is -0.427. The van der Waals surface area contributed by atoms with E-state index in [0.717, 1.165) is 6.20 Å². The molecule has 0 amide bonds. The van der Waals surface area contributed by atoms with Gasteiger partial charge in [-0.15, -0.1) is 0 Å². The van der Waals surface area contributed by atoms with Gasteiger partial charge in [0.2, 0.25) is 0 Å². The van der Waals surface area contributed by atoms with Crippen LogP contribution in [0.5, 0.6) is 5.75 Å². The summed E-state index contributed by atoms with van der Waals surface area (Å²) in [7, 11) is 0. The summed E-state index contributed by atoms with van der Waals surface area (Å²) in [4.78, 5) is 13.8. The Labute approximate surface area is 115 Å². The second-order valence-corrected chi connectivity index (χ2v) is 4.19. The summed E-state index contributed by atoms with van der Waals surface area (Å²) in [5.41, 5.74) is -0.104. The van der Waals surface area contributed by atoms with Gasteiger partial charge in [0.25, 0.3) is 5.70 Å². The molecule has 104 valence electrons. The SMILES string of the molecule is CC/C(=C/Nc1ncc(Br)cc1OC(F)F)[N+](=O)[O-]. The number of nitrogens with one attached hydrogen (secondary N) is 1. The zero-order valence-electron chi connectivity index (χ0n) is 9.77. The lowest BCUT2D eigenvalue weighted by atomic mass is 10.3. The number of anilines is 1. The minimum Gasteiger partial charge on any atom is -0.431 e. The molecule has 0 saturated heterocycles. The van der Waals surface area contributed by atoms with Crippen LogP contribution in [0.2, 0.25) is 0 Å². The van der Waals surface area contributed by atoms with Crippen LogP contribution in [0.1, 0.15) is 13.3 Å². The van der Waals surface area contributed by atoms with Crippen molar-refractivity contribution in [1.82, 2.24) is 4.98 Å². The fourth-order valence-electron chi connectivity index (χ4n) is 1.15. The van der Waals surface area contributed by atoms with Crippen LogP contribution in [0.4, 0.5) is 14.6 Å². The number of hydrogen-bond donors (Lipinski definition) is 1. The van der Waals surface area contributed by atoms with Gasteiger partial charge in [-0.3, -0.25) is 10.1 Å². The van der Waals surface area contributed by atoms with Gasteiger partial charge >= 0.3 is 6.61 Å². The fourth-order valence-corrected chi connectivity index (χ4v) is 1.46. The van der Waals surface area contributed by atoms with Crippen LogP contribution in [-0.2, 0) is 0 Å². The monoisotopic (exact) mass is 337 g/mol. The number of hydrogen-bond acceptors (Lipinski definition) is 5. The summed E-state index contributed by atoms with van der Waals surface area (Å²) >= 11 is 3.06. The van der Waals surface area contributed by atoms with Crippen molar-refractivity contribution in [2.24, 2.45) is 0 Å². The number of nitro groups is 1. The third-order valence-electron chi connectivity index (χ3n) is 2.01. The highest BCUT2D eigenvalue weighted by atomic mass is 79.9. The molecule has 1 heterocycles. The lowest BCUT2D eigenvalue weighted by Gasteiger charge is -2.09. The molecular weight excluding hydrogens is 328 g/mol. The molecule has 1 aromatic heterocycles. The van der Waals surface area contributed by atoms with Crippen LogP contribution in [0.15, 0.2) is 28.6 Å². The average Bonchev–Trinajstić information content (AvgIpc) is 2.31. The maximum absolute atomic E-state index is 12.2. The van der Waals surface area contributed by atoms with Gasteiger partial charge in [0, 0.05) is 17.1 Å². The van der Waals surface area contributed by atoms with E-state index in [-0.39, 0.29) is 23.7 Å². The molecule has 0 atom stereocenters. The molecule has 6 nitrogen and oxygen atoms in total. The van der Waals surface area contributed by atoms with Crippen LogP contribution in [0.25, 0.3) is 0 Å². The highest BCUT2D eigenvalue weighted by molar-refractivity contribution is 9.10. The van der Waals surface area contributed by atoms with Gasteiger partial charge in [-0.05, 0) is 22.0 Å². The Kier molecular flexibility index (Phi) is 5.61. The maximum Gasteiger partial charge on any atom is 0.387 e. The summed E-state index contributed by atoms with van der Waals surface area (Å²) in [5, 5.41) is 13.1. The molecule has 0 aliphatic carbocycles. The van der Waals surface area contributed by atoms with Gasteiger partial charge in [0.15, 0.2) is 11.6 Å². The summed E-state index contributed by atoms with van der Waals surface area (Å²) in [6, 6.07) is 1.28. The van der Waals surface area contributed by atoms with Crippen molar-refractivity contribution >= 4 is 21.7 Å². The number of nitrogens with zero attached hydrogens (tertiary/aromatic N) is 2. The highest BCUT2D eigenvalue weighted by Crippen LogP contribution is 2.27. The molecule has 0 aliphatic rings. The minimum absolute atomic E-state index is 0.0312. The number of aromatic nitrogens is 1. The summed E-state index contributed by atoms with van der Waals surface area (Å²) in [5.74, 6) is -0.240. The Morgan fingerprint density at radius 3 is 2.95 bits per heavy atom. The molecular formula is C10H10BrF2N3O3. The number of ether oxygens (including phenoxy) is 1. The summed E-state index contributed by atoms with van der Waals surface area (Å²) in [6.07, 6.45) is 2.63. The van der Waals surface area contributed by atoms with Crippen LogP contribution < -0.4 is 10.1 Å². The summed E-state index contributed by atoms with van der Waals surface area (Å²) < 4.78 is 29.1. The Morgan fingerprint density at radius 2 is 2.42 bits per heavy atom. The van der Waals surface area contributed by atoms with Crippen molar-refractivity contribution in [1.29, 1.82) is 0 Å². The van der Waals surface area contributed by atoms with Crippen LogP contribution >= 0.6 is 15.9 Å². The molecule has 0 unspecified atom stereocenters. The van der Waals surface area contributed by atoms with Crippen LogP contribution in [-0.4, -0.2) is 16.5 Å². The maximum atomic E-state index is 12.2. The van der Waals surface area contributed by atoms with E-state index in [0.29, 0.717) is 4.47 Å². The first-order valence-corrected chi connectivity index (χ1v) is 5.93. The highest BCUT2D eigenvalue weighted by Gasteiger charge is 2.13. The molecule has 0 bridgehead atoms. The zero-order chi connectivity index (χ0) is 14.4. The van der Waals surface area contributed by atoms with Gasteiger partial charge in [0.05, 0.1) is 11.1 Å². The number of allylic oxidation sites excluding steroid dienone is 1. The van der Waals surface area contributed by atoms with Crippen molar-refractivity contribution in [2.75, 3.05) is 5.32 Å². The second-order valence-electron chi connectivity index (χ2n) is 3.27. The largest absolute Gasteiger partial charge is 0.431 e. The number of alkyl halides is 2. The third kappa shape index (κ3) is 4.78. The van der Waals surface area contributed by atoms with Gasteiger partial charge in [-0.2, -0.15) is 8.78 Å². The van der Waals surface area contributed by atoms with Crippen molar-refractivity contribution in [3.63, 3.8) is 0 Å². The Balaban J connectivity index is 2.97. The standard InChI is InChI=1S/C10H10BrF2N3O3/c1-2-7(16(17)18)5-15-9-8(19-10(12)13)3-6(11)4-14-9/h3-5,10H,2H2,1H3,(H,14,15)/b7-5-. The molecule has 19 heavy (non-hydrogen) atoms. The van der Waals surface area contributed by atoms with E-state index in [2.05, 4.69) is 31.0 Å². The molecule has 0 aliphatic heterocycles. The Hall–Kier alpha value is -1.77. The molecule has 9 heteroatoms. The molecule has 0 fully saturated rings. The Morgan fingerprint density at radius 1 is 1.74 bits per heavy atom. The molecule has 1 rings (SSSR count). The van der Waals surface area contributed by atoms with Crippen LogP contribution in [0.3, 0.4) is 0 Å². The quantitative estimate of drug-likeness (QED) is 0.636. The minimum atomic E-state index is -3.01.